The molecule has 1 aliphatic rings. The molecular weight excluding hydrogens is 242 g/mol. The molecule has 0 amide bonds. The summed E-state index contributed by atoms with van der Waals surface area (Å²) < 4.78 is 0. The summed E-state index contributed by atoms with van der Waals surface area (Å²) in [7, 11) is 2.13. The molecule has 1 atom stereocenters. The van der Waals surface area contributed by atoms with E-state index in [0.29, 0.717) is 17.4 Å². The lowest BCUT2D eigenvalue weighted by Crippen LogP contribution is -2.44. The second kappa shape index (κ2) is 6.76. The van der Waals surface area contributed by atoms with Crippen LogP contribution in [0, 0.1) is 5.41 Å². The van der Waals surface area contributed by atoms with Crippen LogP contribution in [0.5, 0.6) is 0 Å². The number of hydrogen-bond donors (Lipinski definition) is 1. The van der Waals surface area contributed by atoms with Gasteiger partial charge in [0.05, 0.1) is 0 Å². The van der Waals surface area contributed by atoms with E-state index < -0.39 is 0 Å². The van der Waals surface area contributed by atoms with Gasteiger partial charge in [-0.2, -0.15) is 0 Å². The summed E-state index contributed by atoms with van der Waals surface area (Å²) >= 11 is 0. The molecule has 1 aliphatic carbocycles. The zero-order valence-electron chi connectivity index (χ0n) is 13.7. The lowest BCUT2D eigenvalue weighted by molar-refractivity contribution is 0.149. The highest BCUT2D eigenvalue weighted by Gasteiger charge is 2.34. The van der Waals surface area contributed by atoms with Crippen molar-refractivity contribution in [3.63, 3.8) is 0 Å². The Morgan fingerprint density at radius 1 is 1.05 bits per heavy atom. The SMILES string of the molecule is CNC(Cc1ccc(C(C)C)cc1)C1(C)CCCCC1. The Morgan fingerprint density at radius 3 is 2.15 bits per heavy atom. The van der Waals surface area contributed by atoms with Gasteiger partial charge in [-0.15, -0.1) is 0 Å². The molecule has 1 nitrogen and oxygen atoms in total. The van der Waals surface area contributed by atoms with Crippen LogP contribution in [0.15, 0.2) is 24.3 Å². The Morgan fingerprint density at radius 2 is 1.65 bits per heavy atom. The average Bonchev–Trinajstić information content (AvgIpc) is 2.45. The normalized spacial score (nSPS) is 20.1. The molecular formula is C19H31N. The molecule has 0 bridgehead atoms. The van der Waals surface area contributed by atoms with Crippen LogP contribution in [0.25, 0.3) is 0 Å². The Kier molecular flexibility index (Phi) is 5.26. The molecule has 0 aliphatic heterocycles. The fraction of sp³-hybridized carbons (Fsp3) is 0.684. The van der Waals surface area contributed by atoms with Gasteiger partial charge in [0.2, 0.25) is 0 Å². The van der Waals surface area contributed by atoms with Crippen molar-refractivity contribution in [1.82, 2.24) is 5.32 Å². The minimum atomic E-state index is 0.476. The van der Waals surface area contributed by atoms with Crippen LogP contribution in [-0.2, 0) is 6.42 Å². The van der Waals surface area contributed by atoms with Gasteiger partial charge in [-0.05, 0) is 48.8 Å². The monoisotopic (exact) mass is 273 g/mol. The predicted octanol–water partition coefficient (Wildman–Crippen LogP) is 4.91. The number of rotatable bonds is 5. The molecule has 2 rings (SSSR count). The smallest absolute Gasteiger partial charge is 0.0158 e. The van der Waals surface area contributed by atoms with Crippen LogP contribution in [0.1, 0.15) is 69.9 Å². The summed E-state index contributed by atoms with van der Waals surface area (Å²) in [5.41, 5.74) is 3.39. The molecule has 0 aromatic heterocycles. The van der Waals surface area contributed by atoms with Gasteiger partial charge in [0, 0.05) is 6.04 Å². The molecule has 1 aromatic carbocycles. The van der Waals surface area contributed by atoms with Gasteiger partial charge >= 0.3 is 0 Å². The van der Waals surface area contributed by atoms with Crippen molar-refractivity contribution in [2.75, 3.05) is 7.05 Å². The fourth-order valence-corrected chi connectivity index (χ4v) is 3.68. The second-order valence-corrected chi connectivity index (χ2v) is 7.16. The third-order valence-electron chi connectivity index (χ3n) is 5.27. The second-order valence-electron chi connectivity index (χ2n) is 7.16. The summed E-state index contributed by atoms with van der Waals surface area (Å²) in [6.07, 6.45) is 8.15. The van der Waals surface area contributed by atoms with Crippen molar-refractivity contribution in [2.45, 2.75) is 71.3 Å². The van der Waals surface area contributed by atoms with Crippen LogP contribution in [0.3, 0.4) is 0 Å². The average molecular weight is 273 g/mol. The topological polar surface area (TPSA) is 12.0 Å². The summed E-state index contributed by atoms with van der Waals surface area (Å²) in [4.78, 5) is 0. The molecule has 1 aromatic rings. The Labute approximate surface area is 125 Å². The molecule has 0 spiro atoms. The fourth-order valence-electron chi connectivity index (χ4n) is 3.68. The summed E-state index contributed by atoms with van der Waals surface area (Å²) in [6, 6.07) is 9.86. The molecule has 1 saturated carbocycles. The van der Waals surface area contributed by atoms with Crippen LogP contribution in [0.2, 0.25) is 0 Å². The lowest BCUT2D eigenvalue weighted by atomic mass is 9.69. The van der Waals surface area contributed by atoms with Gasteiger partial charge in [0.15, 0.2) is 0 Å². The molecule has 1 unspecified atom stereocenters. The number of hydrogen-bond acceptors (Lipinski definition) is 1. The van der Waals surface area contributed by atoms with E-state index in [1.807, 2.05) is 0 Å². The van der Waals surface area contributed by atoms with Crippen LogP contribution in [0.4, 0.5) is 0 Å². The van der Waals surface area contributed by atoms with Crippen LogP contribution in [-0.4, -0.2) is 13.1 Å². The first-order valence-corrected chi connectivity index (χ1v) is 8.31. The molecule has 1 heteroatoms. The Bertz CT molecular complexity index is 398. The zero-order valence-corrected chi connectivity index (χ0v) is 13.7. The maximum atomic E-state index is 3.60. The third kappa shape index (κ3) is 3.63. The van der Waals surface area contributed by atoms with E-state index in [2.05, 4.69) is 57.4 Å². The van der Waals surface area contributed by atoms with Crippen LogP contribution < -0.4 is 5.32 Å². The van der Waals surface area contributed by atoms with Crippen molar-refractivity contribution in [1.29, 1.82) is 0 Å². The van der Waals surface area contributed by atoms with Crippen molar-refractivity contribution in [2.24, 2.45) is 5.41 Å². The summed E-state index contributed by atoms with van der Waals surface area (Å²) in [5, 5.41) is 3.60. The van der Waals surface area contributed by atoms with E-state index in [0.717, 1.165) is 6.42 Å². The highest BCUT2D eigenvalue weighted by Crippen LogP contribution is 2.39. The van der Waals surface area contributed by atoms with Gasteiger partial charge in [-0.1, -0.05) is 64.3 Å². The Hall–Kier alpha value is -0.820. The standard InChI is InChI=1S/C19H31N/c1-15(2)17-10-8-16(9-11-17)14-18(20-4)19(3)12-6-5-7-13-19/h8-11,15,18,20H,5-7,12-14H2,1-4H3. The number of nitrogens with one attached hydrogen (secondary N) is 1. The maximum absolute atomic E-state index is 3.60. The van der Waals surface area contributed by atoms with Gasteiger partial charge in [-0.25, -0.2) is 0 Å². The first-order valence-electron chi connectivity index (χ1n) is 8.31. The summed E-state index contributed by atoms with van der Waals surface area (Å²) in [6.45, 7) is 7.00. The van der Waals surface area contributed by atoms with Crippen molar-refractivity contribution < 1.29 is 0 Å². The van der Waals surface area contributed by atoms with Gasteiger partial charge in [0.1, 0.15) is 0 Å². The molecule has 0 heterocycles. The highest BCUT2D eigenvalue weighted by atomic mass is 14.9. The molecule has 0 radical (unpaired) electrons. The highest BCUT2D eigenvalue weighted by molar-refractivity contribution is 5.25. The van der Waals surface area contributed by atoms with Gasteiger partial charge in [0.25, 0.3) is 0 Å². The molecule has 1 fully saturated rings. The lowest BCUT2D eigenvalue weighted by Gasteiger charge is -2.41. The molecule has 20 heavy (non-hydrogen) atoms. The van der Waals surface area contributed by atoms with E-state index >= 15 is 0 Å². The minimum Gasteiger partial charge on any atom is -0.316 e. The van der Waals surface area contributed by atoms with Crippen LogP contribution >= 0.6 is 0 Å². The quantitative estimate of drug-likeness (QED) is 0.803. The first kappa shape index (κ1) is 15.6. The van der Waals surface area contributed by atoms with Crippen molar-refractivity contribution in [3.05, 3.63) is 35.4 Å². The summed E-state index contributed by atoms with van der Waals surface area (Å²) in [5.74, 6) is 0.625. The van der Waals surface area contributed by atoms with E-state index in [4.69, 9.17) is 0 Å². The number of benzene rings is 1. The molecule has 0 saturated heterocycles. The third-order valence-corrected chi connectivity index (χ3v) is 5.27. The largest absolute Gasteiger partial charge is 0.316 e. The van der Waals surface area contributed by atoms with Crippen molar-refractivity contribution in [3.8, 4) is 0 Å². The first-order chi connectivity index (χ1) is 9.55. The van der Waals surface area contributed by atoms with E-state index in [-0.39, 0.29) is 0 Å². The van der Waals surface area contributed by atoms with Crippen molar-refractivity contribution >= 4 is 0 Å². The van der Waals surface area contributed by atoms with Gasteiger partial charge < -0.3 is 5.32 Å². The van der Waals surface area contributed by atoms with E-state index in [1.165, 1.54) is 43.2 Å². The molecule has 112 valence electrons. The maximum Gasteiger partial charge on any atom is 0.0158 e. The van der Waals surface area contributed by atoms with E-state index in [9.17, 15) is 0 Å². The number of likely N-dealkylation sites (N-methyl/N-ethyl adjacent to an activating group) is 1. The van der Waals surface area contributed by atoms with E-state index in [1.54, 1.807) is 0 Å². The Balaban J connectivity index is 2.05. The zero-order chi connectivity index (χ0) is 14.6. The molecule has 1 N–H and O–H groups in total. The predicted molar refractivity (Wildman–Crippen MR) is 88.3 cm³/mol. The minimum absolute atomic E-state index is 0.476. The van der Waals surface area contributed by atoms with Gasteiger partial charge in [-0.3, -0.25) is 0 Å².